The molecular weight excluding hydrogens is 446 g/mol. The van der Waals surface area contributed by atoms with Crippen LogP contribution in [-0.4, -0.2) is 21.6 Å². The Morgan fingerprint density at radius 1 is 0.970 bits per heavy atom. The van der Waals surface area contributed by atoms with Gasteiger partial charge in [0.2, 0.25) is 5.91 Å². The number of carbonyl (C=O) groups is 1. The van der Waals surface area contributed by atoms with Gasteiger partial charge in [0.25, 0.3) is 0 Å². The molecule has 4 nitrogen and oxygen atoms in total. The predicted molar refractivity (Wildman–Crippen MR) is 142 cm³/mol. The normalized spacial score (nSPS) is 11.5. The number of anilines is 1. The van der Waals surface area contributed by atoms with Crippen LogP contribution in [0.5, 0.6) is 0 Å². The quantitative estimate of drug-likeness (QED) is 0.220. The van der Waals surface area contributed by atoms with E-state index in [1.807, 2.05) is 18.2 Å². The number of nitrogens with zero attached hydrogens (tertiary/aromatic N) is 2. The summed E-state index contributed by atoms with van der Waals surface area (Å²) in [5.41, 5.74) is 5.60. The van der Waals surface area contributed by atoms with Gasteiger partial charge >= 0.3 is 0 Å². The molecule has 0 fully saturated rings. The van der Waals surface area contributed by atoms with Gasteiger partial charge < -0.3 is 5.32 Å². The van der Waals surface area contributed by atoms with Gasteiger partial charge in [-0.3, -0.25) is 4.79 Å². The van der Waals surface area contributed by atoms with Crippen LogP contribution in [0.1, 0.15) is 55.5 Å². The maximum absolute atomic E-state index is 13.1. The summed E-state index contributed by atoms with van der Waals surface area (Å²) in [4.78, 5) is 24.3. The molecule has 0 spiro atoms. The number of aromatic nitrogens is 2. The molecule has 1 amide bonds. The molecule has 33 heavy (non-hydrogen) atoms. The first-order valence-corrected chi connectivity index (χ1v) is 13.0. The summed E-state index contributed by atoms with van der Waals surface area (Å²) >= 11 is 3.14. The van der Waals surface area contributed by atoms with E-state index < -0.39 is 0 Å². The van der Waals surface area contributed by atoms with E-state index in [1.165, 1.54) is 27.8 Å². The van der Waals surface area contributed by atoms with Crippen molar-refractivity contribution in [3.8, 4) is 11.1 Å². The summed E-state index contributed by atoms with van der Waals surface area (Å²) in [6.45, 7) is 10.8. The van der Waals surface area contributed by atoms with Gasteiger partial charge in [-0.1, -0.05) is 88.0 Å². The van der Waals surface area contributed by atoms with E-state index in [4.69, 9.17) is 0 Å². The molecule has 0 unspecified atom stereocenters. The standard InChI is InChI=1S/C27H29N3OS2/c1-16(2)20-12-9-13-21(17(3)4)25(20)30-22(31)14-32-26-24-23(19-10-7-6-8-11-19)18(5)33-27(24)29-15-28-26/h6-13,15-17H,14H2,1-5H3,(H,30,31). The van der Waals surface area contributed by atoms with Gasteiger partial charge in [0.15, 0.2) is 0 Å². The number of benzene rings is 2. The Bertz CT molecular complexity index is 1250. The van der Waals surface area contributed by atoms with Crippen LogP contribution >= 0.6 is 23.1 Å². The van der Waals surface area contributed by atoms with Crippen LogP contribution < -0.4 is 5.32 Å². The summed E-state index contributed by atoms with van der Waals surface area (Å²) in [6.07, 6.45) is 1.60. The van der Waals surface area contributed by atoms with E-state index >= 15 is 0 Å². The van der Waals surface area contributed by atoms with Gasteiger partial charge in [-0.25, -0.2) is 9.97 Å². The third kappa shape index (κ3) is 4.97. The minimum Gasteiger partial charge on any atom is -0.325 e. The molecule has 0 aliphatic heterocycles. The van der Waals surface area contributed by atoms with Gasteiger partial charge in [0, 0.05) is 16.1 Å². The van der Waals surface area contributed by atoms with Gasteiger partial charge in [0.05, 0.1) is 11.1 Å². The van der Waals surface area contributed by atoms with Crippen molar-refractivity contribution >= 4 is 44.9 Å². The lowest BCUT2D eigenvalue weighted by atomic mass is 9.92. The molecule has 2 heterocycles. The number of hydrogen-bond acceptors (Lipinski definition) is 5. The van der Waals surface area contributed by atoms with Crippen LogP contribution in [0.15, 0.2) is 59.9 Å². The Kier molecular flexibility index (Phi) is 7.15. The maximum Gasteiger partial charge on any atom is 0.234 e. The van der Waals surface area contributed by atoms with Crippen molar-refractivity contribution in [1.29, 1.82) is 0 Å². The van der Waals surface area contributed by atoms with Crippen molar-refractivity contribution in [1.82, 2.24) is 9.97 Å². The third-order valence-electron chi connectivity index (χ3n) is 5.67. The van der Waals surface area contributed by atoms with Crippen molar-refractivity contribution in [2.24, 2.45) is 0 Å². The molecule has 2 aromatic heterocycles. The average Bonchev–Trinajstić information content (AvgIpc) is 3.14. The fourth-order valence-electron chi connectivity index (χ4n) is 4.08. The van der Waals surface area contributed by atoms with Crippen molar-refractivity contribution in [3.05, 3.63) is 70.9 Å². The highest BCUT2D eigenvalue weighted by Gasteiger charge is 2.19. The Labute approximate surface area is 203 Å². The van der Waals surface area contributed by atoms with Crippen LogP contribution in [0.4, 0.5) is 5.69 Å². The molecule has 0 bridgehead atoms. The van der Waals surface area contributed by atoms with Crippen molar-refractivity contribution < 1.29 is 4.79 Å². The van der Waals surface area contributed by atoms with E-state index in [-0.39, 0.29) is 5.91 Å². The fraction of sp³-hybridized carbons (Fsp3) is 0.296. The van der Waals surface area contributed by atoms with E-state index in [0.717, 1.165) is 32.1 Å². The SMILES string of the molecule is Cc1sc2ncnc(SCC(=O)Nc3c(C(C)C)cccc3C(C)C)c2c1-c1ccccc1. The molecule has 0 saturated carbocycles. The lowest BCUT2D eigenvalue weighted by Crippen LogP contribution is -2.17. The number of nitrogens with one attached hydrogen (secondary N) is 1. The number of amides is 1. The maximum atomic E-state index is 13.1. The highest BCUT2D eigenvalue weighted by molar-refractivity contribution is 8.00. The largest absolute Gasteiger partial charge is 0.325 e. The summed E-state index contributed by atoms with van der Waals surface area (Å²) in [7, 11) is 0. The fourth-order valence-corrected chi connectivity index (χ4v) is 5.97. The van der Waals surface area contributed by atoms with Crippen molar-refractivity contribution in [2.45, 2.75) is 51.5 Å². The molecule has 4 aromatic rings. The van der Waals surface area contributed by atoms with Crippen LogP contribution in [0.25, 0.3) is 21.3 Å². The number of carbonyl (C=O) groups excluding carboxylic acids is 1. The first-order valence-electron chi connectivity index (χ1n) is 11.2. The monoisotopic (exact) mass is 475 g/mol. The highest BCUT2D eigenvalue weighted by atomic mass is 32.2. The van der Waals surface area contributed by atoms with Gasteiger partial charge in [-0.2, -0.15) is 0 Å². The summed E-state index contributed by atoms with van der Waals surface area (Å²) in [6, 6.07) is 16.6. The number of fused-ring (bicyclic) bond motifs is 1. The van der Waals surface area contributed by atoms with Crippen molar-refractivity contribution in [3.63, 3.8) is 0 Å². The second-order valence-electron chi connectivity index (χ2n) is 8.72. The van der Waals surface area contributed by atoms with E-state index in [1.54, 1.807) is 17.7 Å². The summed E-state index contributed by atoms with van der Waals surface area (Å²) in [5.74, 6) is 0.930. The zero-order valence-corrected chi connectivity index (χ0v) is 21.3. The lowest BCUT2D eigenvalue weighted by Gasteiger charge is -2.20. The molecule has 0 atom stereocenters. The zero-order valence-electron chi connectivity index (χ0n) is 19.7. The average molecular weight is 476 g/mol. The van der Waals surface area contributed by atoms with Crippen LogP contribution in [0.2, 0.25) is 0 Å². The van der Waals surface area contributed by atoms with Crippen LogP contribution in [0.3, 0.4) is 0 Å². The topological polar surface area (TPSA) is 54.9 Å². The molecule has 0 radical (unpaired) electrons. The third-order valence-corrected chi connectivity index (χ3v) is 7.67. The van der Waals surface area contributed by atoms with E-state index in [0.29, 0.717) is 17.6 Å². The lowest BCUT2D eigenvalue weighted by molar-refractivity contribution is -0.113. The Morgan fingerprint density at radius 3 is 2.27 bits per heavy atom. The summed E-state index contributed by atoms with van der Waals surface area (Å²) < 4.78 is 0. The zero-order chi connectivity index (χ0) is 23.5. The van der Waals surface area contributed by atoms with Gasteiger partial charge in [-0.05, 0) is 35.4 Å². The minimum atomic E-state index is -0.0185. The molecule has 0 aliphatic rings. The molecule has 170 valence electrons. The molecule has 0 aliphatic carbocycles. The van der Waals surface area contributed by atoms with Gasteiger partial charge in [0.1, 0.15) is 16.2 Å². The van der Waals surface area contributed by atoms with E-state index in [2.05, 4.69) is 80.2 Å². The number of thiophene rings is 1. The molecule has 6 heteroatoms. The first kappa shape index (κ1) is 23.5. The second-order valence-corrected chi connectivity index (χ2v) is 10.9. The number of rotatable bonds is 7. The molecule has 1 N–H and O–H groups in total. The van der Waals surface area contributed by atoms with Crippen molar-refractivity contribution in [2.75, 3.05) is 11.1 Å². The van der Waals surface area contributed by atoms with Crippen LogP contribution in [0, 0.1) is 6.92 Å². The van der Waals surface area contributed by atoms with Crippen LogP contribution in [-0.2, 0) is 4.79 Å². The minimum absolute atomic E-state index is 0.0185. The summed E-state index contributed by atoms with van der Waals surface area (Å²) in [5, 5.41) is 5.09. The second kappa shape index (κ2) is 10.1. The number of thioether (sulfide) groups is 1. The van der Waals surface area contributed by atoms with Gasteiger partial charge in [-0.15, -0.1) is 11.3 Å². The predicted octanol–water partition coefficient (Wildman–Crippen LogP) is 7.64. The smallest absolute Gasteiger partial charge is 0.234 e. The van der Waals surface area contributed by atoms with E-state index in [9.17, 15) is 4.79 Å². The first-order chi connectivity index (χ1) is 15.9. The number of para-hydroxylation sites is 1. The number of hydrogen-bond donors (Lipinski definition) is 1. The Hall–Kier alpha value is -2.70. The molecule has 2 aromatic carbocycles. The molecular formula is C27H29N3OS2. The highest BCUT2D eigenvalue weighted by Crippen LogP contribution is 2.41. The molecule has 0 saturated heterocycles. The number of aryl methyl sites for hydroxylation is 1. The Balaban J connectivity index is 1.61. The molecule has 4 rings (SSSR count). The Morgan fingerprint density at radius 2 is 1.64 bits per heavy atom.